The summed E-state index contributed by atoms with van der Waals surface area (Å²) >= 11 is 0. The van der Waals surface area contributed by atoms with Crippen LogP contribution in [-0.4, -0.2) is 19.6 Å². The summed E-state index contributed by atoms with van der Waals surface area (Å²) in [6.07, 6.45) is 0. The standard InChI is InChI=1S/C15H26N2/c1-5-16-11-14-7-9-15(10-8-14)17(6-2)12-13(3)4/h7-10,13,16H,5-6,11-12H2,1-4H3. The van der Waals surface area contributed by atoms with E-state index in [1.165, 1.54) is 11.3 Å². The maximum absolute atomic E-state index is 3.35. The predicted octanol–water partition coefficient (Wildman–Crippen LogP) is 3.28. The summed E-state index contributed by atoms with van der Waals surface area (Å²) < 4.78 is 0. The van der Waals surface area contributed by atoms with Gasteiger partial charge in [0.25, 0.3) is 0 Å². The van der Waals surface area contributed by atoms with E-state index in [-0.39, 0.29) is 0 Å². The van der Waals surface area contributed by atoms with E-state index in [0.717, 1.165) is 26.2 Å². The zero-order chi connectivity index (χ0) is 12.7. The van der Waals surface area contributed by atoms with E-state index < -0.39 is 0 Å². The van der Waals surface area contributed by atoms with Gasteiger partial charge in [0, 0.05) is 25.3 Å². The summed E-state index contributed by atoms with van der Waals surface area (Å²) in [6, 6.07) is 8.92. The van der Waals surface area contributed by atoms with Crippen LogP contribution in [0.5, 0.6) is 0 Å². The molecule has 0 saturated heterocycles. The molecule has 2 heteroatoms. The molecule has 0 saturated carbocycles. The molecule has 0 aromatic heterocycles. The van der Waals surface area contributed by atoms with Gasteiger partial charge in [-0.25, -0.2) is 0 Å². The van der Waals surface area contributed by atoms with Crippen molar-refractivity contribution < 1.29 is 0 Å². The van der Waals surface area contributed by atoms with Crippen LogP contribution < -0.4 is 10.2 Å². The third kappa shape index (κ3) is 4.78. The molecular formula is C15H26N2. The smallest absolute Gasteiger partial charge is 0.0366 e. The average molecular weight is 234 g/mol. The van der Waals surface area contributed by atoms with Gasteiger partial charge in [0.05, 0.1) is 0 Å². The highest BCUT2D eigenvalue weighted by Gasteiger charge is 2.05. The third-order valence-corrected chi connectivity index (χ3v) is 2.85. The summed E-state index contributed by atoms with van der Waals surface area (Å²) in [5, 5.41) is 3.35. The number of nitrogens with zero attached hydrogens (tertiary/aromatic N) is 1. The second-order valence-electron chi connectivity index (χ2n) is 4.88. The fourth-order valence-electron chi connectivity index (χ4n) is 1.95. The van der Waals surface area contributed by atoms with Crippen LogP contribution in [0.1, 0.15) is 33.3 Å². The van der Waals surface area contributed by atoms with Gasteiger partial charge in [0.15, 0.2) is 0 Å². The van der Waals surface area contributed by atoms with E-state index in [2.05, 4.69) is 62.2 Å². The number of nitrogens with one attached hydrogen (secondary N) is 1. The number of benzene rings is 1. The van der Waals surface area contributed by atoms with Gasteiger partial charge >= 0.3 is 0 Å². The van der Waals surface area contributed by atoms with Crippen molar-refractivity contribution in [2.75, 3.05) is 24.5 Å². The Balaban J connectivity index is 2.64. The highest BCUT2D eigenvalue weighted by Crippen LogP contribution is 2.16. The maximum atomic E-state index is 3.35. The molecule has 0 aliphatic heterocycles. The molecule has 0 unspecified atom stereocenters. The largest absolute Gasteiger partial charge is 0.372 e. The molecular weight excluding hydrogens is 208 g/mol. The molecule has 0 spiro atoms. The number of hydrogen-bond donors (Lipinski definition) is 1. The number of hydrogen-bond acceptors (Lipinski definition) is 2. The molecule has 0 bridgehead atoms. The predicted molar refractivity (Wildman–Crippen MR) is 76.5 cm³/mol. The van der Waals surface area contributed by atoms with E-state index in [9.17, 15) is 0 Å². The monoisotopic (exact) mass is 234 g/mol. The first-order valence-corrected chi connectivity index (χ1v) is 6.72. The SMILES string of the molecule is CCNCc1ccc(N(CC)CC(C)C)cc1. The Morgan fingerprint density at radius 3 is 2.24 bits per heavy atom. The molecule has 1 N–H and O–H groups in total. The molecule has 0 aliphatic carbocycles. The zero-order valence-electron chi connectivity index (χ0n) is 11.7. The molecule has 0 heterocycles. The first-order chi connectivity index (χ1) is 8.17. The van der Waals surface area contributed by atoms with Crippen LogP contribution in [0.2, 0.25) is 0 Å². The van der Waals surface area contributed by atoms with E-state index in [4.69, 9.17) is 0 Å². The summed E-state index contributed by atoms with van der Waals surface area (Å²) in [5.41, 5.74) is 2.69. The van der Waals surface area contributed by atoms with Gasteiger partial charge in [-0.05, 0) is 37.1 Å². The van der Waals surface area contributed by atoms with Crippen LogP contribution in [0.25, 0.3) is 0 Å². The topological polar surface area (TPSA) is 15.3 Å². The lowest BCUT2D eigenvalue weighted by Crippen LogP contribution is -2.27. The van der Waals surface area contributed by atoms with Crippen molar-refractivity contribution in [2.45, 2.75) is 34.2 Å². The lowest BCUT2D eigenvalue weighted by atomic mass is 10.1. The molecule has 1 aromatic carbocycles. The number of rotatable bonds is 7. The van der Waals surface area contributed by atoms with Gasteiger partial charge in [0.1, 0.15) is 0 Å². The maximum Gasteiger partial charge on any atom is 0.0366 e. The molecule has 0 radical (unpaired) electrons. The molecule has 1 aromatic rings. The fraction of sp³-hybridized carbons (Fsp3) is 0.600. The second-order valence-corrected chi connectivity index (χ2v) is 4.88. The van der Waals surface area contributed by atoms with E-state index >= 15 is 0 Å². The first kappa shape index (κ1) is 14.0. The molecule has 0 atom stereocenters. The van der Waals surface area contributed by atoms with Gasteiger partial charge in [-0.15, -0.1) is 0 Å². The van der Waals surface area contributed by atoms with Crippen LogP contribution in [0.3, 0.4) is 0 Å². The molecule has 0 amide bonds. The van der Waals surface area contributed by atoms with Crippen LogP contribution in [0.4, 0.5) is 5.69 Å². The summed E-state index contributed by atoms with van der Waals surface area (Å²) in [7, 11) is 0. The van der Waals surface area contributed by atoms with Crippen LogP contribution in [-0.2, 0) is 6.54 Å². The third-order valence-electron chi connectivity index (χ3n) is 2.85. The lowest BCUT2D eigenvalue weighted by molar-refractivity contribution is 0.618. The highest BCUT2D eigenvalue weighted by atomic mass is 15.1. The quantitative estimate of drug-likeness (QED) is 0.779. The summed E-state index contributed by atoms with van der Waals surface area (Å²) in [5.74, 6) is 0.705. The Hall–Kier alpha value is -1.02. The molecule has 0 aliphatic rings. The van der Waals surface area contributed by atoms with Gasteiger partial charge in [0.2, 0.25) is 0 Å². The minimum atomic E-state index is 0.705. The average Bonchev–Trinajstić information content (AvgIpc) is 2.34. The second kappa shape index (κ2) is 7.33. The van der Waals surface area contributed by atoms with E-state index in [1.807, 2.05) is 0 Å². The molecule has 2 nitrogen and oxygen atoms in total. The molecule has 1 rings (SSSR count). The molecule has 17 heavy (non-hydrogen) atoms. The minimum absolute atomic E-state index is 0.705. The van der Waals surface area contributed by atoms with Crippen LogP contribution >= 0.6 is 0 Å². The molecule has 96 valence electrons. The lowest BCUT2D eigenvalue weighted by Gasteiger charge is -2.25. The zero-order valence-corrected chi connectivity index (χ0v) is 11.7. The van der Waals surface area contributed by atoms with Crippen LogP contribution in [0.15, 0.2) is 24.3 Å². The first-order valence-electron chi connectivity index (χ1n) is 6.72. The van der Waals surface area contributed by atoms with Crippen molar-refractivity contribution in [3.63, 3.8) is 0 Å². The van der Waals surface area contributed by atoms with Crippen molar-refractivity contribution in [3.8, 4) is 0 Å². The fourth-order valence-corrected chi connectivity index (χ4v) is 1.95. The Bertz CT molecular complexity index is 303. The van der Waals surface area contributed by atoms with E-state index in [0.29, 0.717) is 5.92 Å². The van der Waals surface area contributed by atoms with Gasteiger partial charge < -0.3 is 10.2 Å². The Kier molecular flexibility index (Phi) is 6.06. The van der Waals surface area contributed by atoms with Gasteiger partial charge in [-0.2, -0.15) is 0 Å². The van der Waals surface area contributed by atoms with Crippen molar-refractivity contribution >= 4 is 5.69 Å². The van der Waals surface area contributed by atoms with Crippen LogP contribution in [0, 0.1) is 5.92 Å². The Morgan fingerprint density at radius 2 is 1.76 bits per heavy atom. The van der Waals surface area contributed by atoms with Gasteiger partial charge in [-0.1, -0.05) is 32.9 Å². The Morgan fingerprint density at radius 1 is 1.12 bits per heavy atom. The van der Waals surface area contributed by atoms with Crippen molar-refractivity contribution in [3.05, 3.63) is 29.8 Å². The van der Waals surface area contributed by atoms with Gasteiger partial charge in [-0.3, -0.25) is 0 Å². The van der Waals surface area contributed by atoms with Crippen molar-refractivity contribution in [1.29, 1.82) is 0 Å². The molecule has 0 fully saturated rings. The summed E-state index contributed by atoms with van der Waals surface area (Å²) in [4.78, 5) is 2.43. The Labute approximate surface area is 106 Å². The normalized spacial score (nSPS) is 10.9. The summed E-state index contributed by atoms with van der Waals surface area (Å²) in [6.45, 7) is 13.1. The van der Waals surface area contributed by atoms with Crippen molar-refractivity contribution in [1.82, 2.24) is 5.32 Å². The number of anilines is 1. The van der Waals surface area contributed by atoms with Crippen molar-refractivity contribution in [2.24, 2.45) is 5.92 Å². The van der Waals surface area contributed by atoms with E-state index in [1.54, 1.807) is 0 Å². The highest BCUT2D eigenvalue weighted by molar-refractivity contribution is 5.47. The minimum Gasteiger partial charge on any atom is -0.372 e.